The first kappa shape index (κ1) is 18.8. The first-order valence-corrected chi connectivity index (χ1v) is 10.0. The van der Waals surface area contributed by atoms with E-state index in [0.29, 0.717) is 5.82 Å². The second-order valence-electron chi connectivity index (χ2n) is 7.50. The van der Waals surface area contributed by atoms with Gasteiger partial charge in [-0.05, 0) is 61.8 Å². The van der Waals surface area contributed by atoms with Crippen molar-refractivity contribution in [2.24, 2.45) is 13.0 Å². The van der Waals surface area contributed by atoms with E-state index in [9.17, 15) is 4.79 Å². The van der Waals surface area contributed by atoms with Crippen LogP contribution in [0.4, 0.5) is 5.82 Å². The lowest BCUT2D eigenvalue weighted by Crippen LogP contribution is -2.39. The molecule has 0 saturated carbocycles. The predicted octanol–water partition coefficient (Wildman–Crippen LogP) is 3.72. The molecule has 28 heavy (non-hydrogen) atoms. The van der Waals surface area contributed by atoms with Gasteiger partial charge in [-0.15, -0.1) is 0 Å². The Bertz CT molecular complexity index is 1060. The third-order valence-electron chi connectivity index (χ3n) is 5.52. The molecule has 1 aliphatic rings. The molecule has 3 heterocycles. The minimum Gasteiger partial charge on any atom is -0.320 e. The Hall–Kier alpha value is -2.51. The lowest BCUT2D eigenvalue weighted by Gasteiger charge is -2.31. The van der Waals surface area contributed by atoms with Crippen molar-refractivity contribution in [1.29, 1.82) is 0 Å². The van der Waals surface area contributed by atoms with Crippen LogP contribution in [0.15, 0.2) is 42.6 Å². The molecule has 0 bridgehead atoms. The minimum absolute atomic E-state index is 0.0269. The number of imidazole rings is 1. The molecule has 0 aliphatic carbocycles. The van der Waals surface area contributed by atoms with Crippen LogP contribution in [0.25, 0.3) is 11.0 Å². The van der Waals surface area contributed by atoms with Crippen molar-refractivity contribution in [2.75, 3.05) is 18.4 Å². The zero-order valence-corrected chi connectivity index (χ0v) is 17.1. The molecule has 1 aliphatic heterocycles. The molecule has 0 atom stereocenters. The Kier molecular flexibility index (Phi) is 5.28. The third-order valence-corrected chi connectivity index (χ3v) is 6.01. The van der Waals surface area contributed by atoms with E-state index in [2.05, 4.69) is 36.5 Å². The number of carbonyl (C=O) groups excluding carboxylic acids is 1. The summed E-state index contributed by atoms with van der Waals surface area (Å²) in [5, 5.41) is 2.96. The van der Waals surface area contributed by atoms with Crippen molar-refractivity contribution in [2.45, 2.75) is 26.4 Å². The topological polar surface area (TPSA) is 55.1 Å². The maximum absolute atomic E-state index is 12.6. The summed E-state index contributed by atoms with van der Waals surface area (Å²) in [6.07, 6.45) is 3.41. The highest BCUT2D eigenvalue weighted by Gasteiger charge is 2.25. The summed E-state index contributed by atoms with van der Waals surface area (Å²) in [5.41, 5.74) is 3.39. The monoisotopic (exact) mass is 395 g/mol. The molecule has 1 amide bonds. The molecule has 2 aromatic heterocycles. The van der Waals surface area contributed by atoms with Crippen LogP contribution in [0.2, 0.25) is 0 Å². The maximum atomic E-state index is 12.6. The zero-order chi connectivity index (χ0) is 19.7. The van der Waals surface area contributed by atoms with Gasteiger partial charge in [-0.25, -0.2) is 4.98 Å². The number of para-hydroxylation sites is 2. The average Bonchev–Trinajstić information content (AvgIpc) is 2.94. The Morgan fingerprint density at radius 1 is 1.21 bits per heavy atom. The zero-order valence-electron chi connectivity index (χ0n) is 16.3. The van der Waals surface area contributed by atoms with Crippen molar-refractivity contribution in [3.05, 3.63) is 52.9 Å². The fourth-order valence-electron chi connectivity index (χ4n) is 3.87. The molecule has 3 aromatic rings. The van der Waals surface area contributed by atoms with Gasteiger partial charge in [0.2, 0.25) is 5.91 Å². The first-order chi connectivity index (χ1) is 13.5. The summed E-state index contributed by atoms with van der Waals surface area (Å²) in [7, 11) is 2.01. The van der Waals surface area contributed by atoms with E-state index in [0.717, 1.165) is 54.0 Å². The van der Waals surface area contributed by atoms with Crippen molar-refractivity contribution < 1.29 is 4.79 Å². The van der Waals surface area contributed by atoms with E-state index in [1.165, 1.54) is 0 Å². The molecule has 146 valence electrons. The summed E-state index contributed by atoms with van der Waals surface area (Å²) in [6.45, 7) is 4.51. The van der Waals surface area contributed by atoms with E-state index in [1.54, 1.807) is 6.20 Å². The Labute approximate surface area is 169 Å². The molecular formula is C21H25N5OS. The number of benzene rings is 1. The highest BCUT2D eigenvalue weighted by atomic mass is 32.1. The van der Waals surface area contributed by atoms with Gasteiger partial charge < -0.3 is 14.5 Å². The van der Waals surface area contributed by atoms with Crippen LogP contribution < -0.4 is 5.32 Å². The van der Waals surface area contributed by atoms with Crippen molar-refractivity contribution in [3.63, 3.8) is 0 Å². The number of likely N-dealkylation sites (tertiary alicyclic amines) is 1. The van der Waals surface area contributed by atoms with Crippen LogP contribution in [0.1, 0.15) is 18.4 Å². The van der Waals surface area contributed by atoms with Gasteiger partial charge in [0.1, 0.15) is 5.82 Å². The van der Waals surface area contributed by atoms with Crippen LogP contribution in [0.5, 0.6) is 0 Å². The fourth-order valence-corrected chi connectivity index (χ4v) is 4.12. The largest absolute Gasteiger partial charge is 0.320 e. The number of amides is 1. The number of nitrogens with zero attached hydrogens (tertiary/aromatic N) is 4. The molecule has 6 nitrogen and oxygen atoms in total. The minimum atomic E-state index is 0.0269. The fraction of sp³-hybridized carbons (Fsp3) is 0.381. The van der Waals surface area contributed by atoms with E-state index >= 15 is 0 Å². The number of carbonyl (C=O) groups is 1. The Morgan fingerprint density at radius 2 is 1.93 bits per heavy atom. The smallest absolute Gasteiger partial charge is 0.228 e. The Morgan fingerprint density at radius 3 is 2.64 bits per heavy atom. The molecule has 0 radical (unpaired) electrons. The number of pyridine rings is 1. The molecule has 1 N–H and O–H groups in total. The van der Waals surface area contributed by atoms with E-state index in [1.807, 2.05) is 38.2 Å². The number of aryl methyl sites for hydroxylation is 2. The molecular weight excluding hydrogens is 370 g/mol. The van der Waals surface area contributed by atoms with E-state index < -0.39 is 0 Å². The SMILES string of the molecule is Cc1ccnc(NC(=O)C2CCN(Cn3c(=S)n(C)c4ccccc43)CC2)c1. The highest BCUT2D eigenvalue weighted by Crippen LogP contribution is 2.22. The summed E-state index contributed by atoms with van der Waals surface area (Å²) in [5.74, 6) is 0.730. The number of nitrogens with one attached hydrogen (secondary N) is 1. The number of hydrogen-bond acceptors (Lipinski definition) is 4. The summed E-state index contributed by atoms with van der Waals surface area (Å²) >= 11 is 5.64. The van der Waals surface area contributed by atoms with Gasteiger partial charge >= 0.3 is 0 Å². The predicted molar refractivity (Wildman–Crippen MR) is 114 cm³/mol. The normalized spacial score (nSPS) is 15.8. The lowest BCUT2D eigenvalue weighted by atomic mass is 9.96. The van der Waals surface area contributed by atoms with Crippen molar-refractivity contribution >= 4 is 35.0 Å². The van der Waals surface area contributed by atoms with Gasteiger partial charge in [0, 0.05) is 32.3 Å². The third kappa shape index (κ3) is 3.72. The maximum Gasteiger partial charge on any atom is 0.228 e. The van der Waals surface area contributed by atoms with Gasteiger partial charge in [-0.1, -0.05) is 12.1 Å². The van der Waals surface area contributed by atoms with Crippen molar-refractivity contribution in [3.8, 4) is 0 Å². The van der Waals surface area contributed by atoms with Gasteiger partial charge in [0.25, 0.3) is 0 Å². The molecule has 1 saturated heterocycles. The highest BCUT2D eigenvalue weighted by molar-refractivity contribution is 7.71. The molecule has 0 unspecified atom stereocenters. The number of aromatic nitrogens is 3. The molecule has 1 aromatic carbocycles. The Balaban J connectivity index is 1.39. The van der Waals surface area contributed by atoms with Gasteiger partial charge in [0.15, 0.2) is 4.77 Å². The van der Waals surface area contributed by atoms with Gasteiger partial charge in [0.05, 0.1) is 17.7 Å². The summed E-state index contributed by atoms with van der Waals surface area (Å²) in [4.78, 5) is 19.2. The molecule has 1 fully saturated rings. The molecule has 7 heteroatoms. The first-order valence-electron chi connectivity index (χ1n) is 9.63. The number of rotatable bonds is 4. The van der Waals surface area contributed by atoms with Crippen LogP contribution in [0.3, 0.4) is 0 Å². The quantitative estimate of drug-likeness (QED) is 0.684. The van der Waals surface area contributed by atoms with E-state index in [-0.39, 0.29) is 11.8 Å². The van der Waals surface area contributed by atoms with Crippen molar-refractivity contribution in [1.82, 2.24) is 19.0 Å². The lowest BCUT2D eigenvalue weighted by molar-refractivity contribution is -0.121. The summed E-state index contributed by atoms with van der Waals surface area (Å²) < 4.78 is 5.06. The average molecular weight is 396 g/mol. The number of hydrogen-bond donors (Lipinski definition) is 1. The van der Waals surface area contributed by atoms with Crippen LogP contribution in [-0.2, 0) is 18.5 Å². The van der Waals surface area contributed by atoms with Gasteiger partial charge in [-0.3, -0.25) is 9.69 Å². The standard InChI is InChI=1S/C21H25N5OS/c1-15-7-10-22-19(13-15)23-20(27)16-8-11-25(12-9-16)14-26-18-6-4-3-5-17(18)24(2)21(26)28/h3-7,10,13,16H,8-9,11-12,14H2,1-2H3,(H,22,23,27). The molecule has 0 spiro atoms. The van der Waals surface area contributed by atoms with E-state index in [4.69, 9.17) is 12.2 Å². The van der Waals surface area contributed by atoms with Crippen LogP contribution >= 0.6 is 12.2 Å². The van der Waals surface area contributed by atoms with Gasteiger partial charge in [-0.2, -0.15) is 0 Å². The number of anilines is 1. The number of piperidine rings is 1. The second-order valence-corrected chi connectivity index (χ2v) is 7.86. The van der Waals surface area contributed by atoms with Crippen LogP contribution in [0, 0.1) is 17.6 Å². The molecule has 4 rings (SSSR count). The van der Waals surface area contributed by atoms with Crippen LogP contribution in [-0.4, -0.2) is 38.0 Å². The second kappa shape index (κ2) is 7.85. The number of fused-ring (bicyclic) bond motifs is 1. The summed E-state index contributed by atoms with van der Waals surface area (Å²) in [6, 6.07) is 12.1.